The van der Waals surface area contributed by atoms with E-state index >= 15 is 0 Å². The number of esters is 1. The van der Waals surface area contributed by atoms with Crippen molar-refractivity contribution in [1.29, 1.82) is 0 Å². The van der Waals surface area contributed by atoms with E-state index in [1.807, 2.05) is 6.92 Å². The molecule has 0 rings (SSSR count). The number of carbonyl (C=O) groups excluding carboxylic acids is 1. The van der Waals surface area contributed by atoms with Gasteiger partial charge in [-0.3, -0.25) is 4.79 Å². The lowest BCUT2D eigenvalue weighted by Gasteiger charge is -2.20. The van der Waals surface area contributed by atoms with Crippen LogP contribution in [0.15, 0.2) is 0 Å². The normalized spacial score (nSPS) is 14.7. The summed E-state index contributed by atoms with van der Waals surface area (Å²) in [5.74, 6) is -0.420. The Balaban J connectivity index is 3.53. The van der Waals surface area contributed by atoms with E-state index in [9.17, 15) is 4.79 Å². The average Bonchev–Trinajstić information content (AvgIpc) is 2.22. The van der Waals surface area contributed by atoms with Gasteiger partial charge in [-0.15, -0.1) is 0 Å². The fraction of sp³-hybridized carbons (Fsp3) is 0.900. The first-order chi connectivity index (χ1) is 7.04. The van der Waals surface area contributed by atoms with Crippen LogP contribution in [0, 0.1) is 0 Å². The molecule has 0 bridgehead atoms. The molecule has 1 unspecified atom stereocenters. The predicted octanol–water partition coefficient (Wildman–Crippen LogP) is 0.320. The van der Waals surface area contributed by atoms with Gasteiger partial charge in [0.2, 0.25) is 0 Å². The Morgan fingerprint density at radius 1 is 1.27 bits per heavy atom. The highest BCUT2D eigenvalue weighted by molar-refractivity contribution is 5.79. The number of hydrogen-bond acceptors (Lipinski definition) is 5. The van der Waals surface area contributed by atoms with Crippen LogP contribution >= 0.6 is 0 Å². The van der Waals surface area contributed by atoms with Gasteiger partial charge in [-0.25, -0.2) is 0 Å². The van der Waals surface area contributed by atoms with Crippen LogP contribution in [0.2, 0.25) is 0 Å². The molecule has 0 spiro atoms. The fourth-order valence-electron chi connectivity index (χ4n) is 0.984. The summed E-state index contributed by atoms with van der Waals surface area (Å²) < 4.78 is 14.9. The van der Waals surface area contributed by atoms with Gasteiger partial charge in [0.25, 0.3) is 0 Å². The second-order valence-electron chi connectivity index (χ2n) is 3.47. The Kier molecular flexibility index (Phi) is 7.29. The van der Waals surface area contributed by atoms with Gasteiger partial charge in [0.1, 0.15) is 5.54 Å². The highest BCUT2D eigenvalue weighted by atomic mass is 16.5. The molecule has 0 fully saturated rings. The Bertz CT molecular complexity index is 182. The molecule has 15 heavy (non-hydrogen) atoms. The standard InChI is InChI=1S/C10H21NO4/c1-4-14-7-8-15-6-5-10(2,11)9(12)13-3/h4-8,11H2,1-3H3. The molecule has 0 saturated heterocycles. The molecule has 0 saturated carbocycles. The molecule has 2 N–H and O–H groups in total. The molecular weight excluding hydrogens is 198 g/mol. The van der Waals surface area contributed by atoms with Gasteiger partial charge >= 0.3 is 5.97 Å². The van der Waals surface area contributed by atoms with Crippen molar-refractivity contribution >= 4 is 5.97 Å². The minimum Gasteiger partial charge on any atom is -0.468 e. The van der Waals surface area contributed by atoms with Crippen molar-refractivity contribution in [3.05, 3.63) is 0 Å². The molecule has 90 valence electrons. The monoisotopic (exact) mass is 219 g/mol. The molecule has 0 heterocycles. The van der Waals surface area contributed by atoms with Crippen LogP contribution in [0.1, 0.15) is 20.3 Å². The van der Waals surface area contributed by atoms with E-state index in [-0.39, 0.29) is 0 Å². The van der Waals surface area contributed by atoms with E-state index in [2.05, 4.69) is 4.74 Å². The number of nitrogens with two attached hydrogens (primary N) is 1. The Hall–Kier alpha value is -0.650. The first-order valence-corrected chi connectivity index (χ1v) is 5.07. The van der Waals surface area contributed by atoms with Crippen LogP contribution < -0.4 is 5.73 Å². The number of methoxy groups -OCH3 is 1. The van der Waals surface area contributed by atoms with Crippen molar-refractivity contribution < 1.29 is 19.0 Å². The smallest absolute Gasteiger partial charge is 0.325 e. The molecular formula is C10H21NO4. The maximum Gasteiger partial charge on any atom is 0.325 e. The van der Waals surface area contributed by atoms with E-state index in [4.69, 9.17) is 15.2 Å². The highest BCUT2D eigenvalue weighted by Crippen LogP contribution is 2.07. The zero-order valence-corrected chi connectivity index (χ0v) is 9.75. The van der Waals surface area contributed by atoms with Crippen LogP contribution in [0.4, 0.5) is 0 Å². The molecule has 1 atom stereocenters. The molecule has 0 aliphatic rings. The maximum absolute atomic E-state index is 11.2. The summed E-state index contributed by atoms with van der Waals surface area (Å²) in [4.78, 5) is 11.2. The lowest BCUT2D eigenvalue weighted by atomic mass is 10.0. The molecule has 0 aliphatic heterocycles. The molecule has 0 radical (unpaired) electrons. The Morgan fingerprint density at radius 3 is 2.40 bits per heavy atom. The topological polar surface area (TPSA) is 70.8 Å². The van der Waals surface area contributed by atoms with Crippen molar-refractivity contribution in [3.63, 3.8) is 0 Å². The van der Waals surface area contributed by atoms with Gasteiger partial charge in [-0.2, -0.15) is 0 Å². The molecule has 5 nitrogen and oxygen atoms in total. The first-order valence-electron chi connectivity index (χ1n) is 5.07. The summed E-state index contributed by atoms with van der Waals surface area (Å²) in [5, 5.41) is 0. The summed E-state index contributed by atoms with van der Waals surface area (Å²) in [5.41, 5.74) is 4.75. The third kappa shape index (κ3) is 6.43. The summed E-state index contributed by atoms with van der Waals surface area (Å²) in [7, 11) is 1.32. The van der Waals surface area contributed by atoms with Crippen LogP contribution in [-0.2, 0) is 19.0 Å². The van der Waals surface area contributed by atoms with Gasteiger partial charge in [-0.05, 0) is 20.3 Å². The number of rotatable bonds is 8. The zero-order valence-electron chi connectivity index (χ0n) is 9.75. The van der Waals surface area contributed by atoms with E-state index in [1.54, 1.807) is 6.92 Å². The summed E-state index contributed by atoms with van der Waals surface area (Å²) in [6, 6.07) is 0. The van der Waals surface area contributed by atoms with Gasteiger partial charge < -0.3 is 19.9 Å². The molecule has 5 heteroatoms. The number of hydrogen-bond donors (Lipinski definition) is 1. The lowest BCUT2D eigenvalue weighted by Crippen LogP contribution is -2.46. The van der Waals surface area contributed by atoms with Gasteiger partial charge in [0.05, 0.1) is 20.3 Å². The molecule has 0 aromatic heterocycles. The van der Waals surface area contributed by atoms with Crippen molar-refractivity contribution in [3.8, 4) is 0 Å². The second-order valence-corrected chi connectivity index (χ2v) is 3.47. The minimum atomic E-state index is -0.972. The third-order valence-corrected chi connectivity index (χ3v) is 1.99. The second kappa shape index (κ2) is 7.62. The van der Waals surface area contributed by atoms with Crippen molar-refractivity contribution in [1.82, 2.24) is 0 Å². The lowest BCUT2D eigenvalue weighted by molar-refractivity contribution is -0.147. The van der Waals surface area contributed by atoms with Crippen molar-refractivity contribution in [2.45, 2.75) is 25.8 Å². The van der Waals surface area contributed by atoms with E-state index in [0.29, 0.717) is 32.8 Å². The van der Waals surface area contributed by atoms with Gasteiger partial charge in [0, 0.05) is 13.2 Å². The van der Waals surface area contributed by atoms with Crippen molar-refractivity contribution in [2.24, 2.45) is 5.73 Å². The Labute approximate surface area is 90.9 Å². The summed E-state index contributed by atoms with van der Waals surface area (Å²) >= 11 is 0. The average molecular weight is 219 g/mol. The van der Waals surface area contributed by atoms with E-state index < -0.39 is 11.5 Å². The van der Waals surface area contributed by atoms with Crippen LogP contribution in [-0.4, -0.2) is 45.0 Å². The third-order valence-electron chi connectivity index (χ3n) is 1.99. The SMILES string of the molecule is CCOCCOCCC(C)(N)C(=O)OC. The summed E-state index contributed by atoms with van der Waals surface area (Å²) in [6.45, 7) is 5.75. The fourth-order valence-corrected chi connectivity index (χ4v) is 0.984. The number of ether oxygens (including phenoxy) is 3. The molecule has 0 amide bonds. The Morgan fingerprint density at radius 2 is 1.87 bits per heavy atom. The largest absolute Gasteiger partial charge is 0.468 e. The van der Waals surface area contributed by atoms with E-state index in [1.165, 1.54) is 7.11 Å². The van der Waals surface area contributed by atoms with Gasteiger partial charge in [0.15, 0.2) is 0 Å². The molecule has 0 aromatic rings. The minimum absolute atomic E-state index is 0.420. The van der Waals surface area contributed by atoms with Crippen LogP contribution in [0.25, 0.3) is 0 Å². The van der Waals surface area contributed by atoms with E-state index in [0.717, 1.165) is 0 Å². The van der Waals surface area contributed by atoms with Crippen molar-refractivity contribution in [2.75, 3.05) is 33.5 Å². The first kappa shape index (κ1) is 14.3. The summed E-state index contributed by atoms with van der Waals surface area (Å²) in [6.07, 6.45) is 0.436. The highest BCUT2D eigenvalue weighted by Gasteiger charge is 2.28. The van der Waals surface area contributed by atoms with Gasteiger partial charge in [-0.1, -0.05) is 0 Å². The van der Waals surface area contributed by atoms with Crippen LogP contribution in [0.5, 0.6) is 0 Å². The predicted molar refractivity (Wildman–Crippen MR) is 56.5 cm³/mol. The maximum atomic E-state index is 11.2. The number of carbonyl (C=O) groups is 1. The van der Waals surface area contributed by atoms with Crippen LogP contribution in [0.3, 0.4) is 0 Å². The zero-order chi connectivity index (χ0) is 11.7. The molecule has 0 aliphatic carbocycles. The quantitative estimate of drug-likeness (QED) is 0.470. The molecule has 0 aromatic carbocycles.